The topological polar surface area (TPSA) is 70.2 Å². The van der Waals surface area contributed by atoms with Gasteiger partial charge in [0.05, 0.1) is 11.5 Å². The van der Waals surface area contributed by atoms with E-state index in [1.54, 1.807) is 6.07 Å². The van der Waals surface area contributed by atoms with Crippen LogP contribution in [0.4, 0.5) is 4.39 Å². The van der Waals surface area contributed by atoms with Gasteiger partial charge in [0.15, 0.2) is 0 Å². The fourth-order valence-electron chi connectivity index (χ4n) is 1.72. The minimum absolute atomic E-state index is 0. The van der Waals surface area contributed by atoms with Crippen LogP contribution in [0.1, 0.15) is 10.4 Å². The largest absolute Gasteiger partial charge is 0.354 e. The summed E-state index contributed by atoms with van der Waals surface area (Å²) in [6.07, 6.45) is 0. The Morgan fingerprint density at radius 2 is 1.85 bits per heavy atom. The molecule has 1 aliphatic rings. The number of carbonyl (C=O) groups is 2. The molecule has 1 heterocycles. The van der Waals surface area contributed by atoms with Crippen LogP contribution in [0.5, 0.6) is 0 Å². The molecule has 0 aliphatic carbocycles. The summed E-state index contributed by atoms with van der Waals surface area (Å²) in [6, 6.07) is 5.78. The normalized spacial score (nSPS) is 13.8. The Morgan fingerprint density at radius 3 is 2.45 bits per heavy atom. The van der Waals surface area contributed by atoms with E-state index in [1.165, 1.54) is 18.2 Å². The molecule has 1 aromatic rings. The first-order chi connectivity index (χ1) is 9.18. The van der Waals surface area contributed by atoms with Crippen molar-refractivity contribution in [2.24, 2.45) is 5.92 Å². The molecule has 0 bridgehead atoms. The van der Waals surface area contributed by atoms with Gasteiger partial charge in [-0.3, -0.25) is 9.59 Å². The zero-order valence-corrected chi connectivity index (χ0v) is 11.6. The fourth-order valence-corrected chi connectivity index (χ4v) is 1.72. The molecule has 1 fully saturated rings. The molecule has 0 radical (unpaired) electrons. The van der Waals surface area contributed by atoms with Gasteiger partial charge in [-0.2, -0.15) is 0 Å². The minimum atomic E-state index is -0.551. The summed E-state index contributed by atoms with van der Waals surface area (Å²) < 4.78 is 13.3. The predicted molar refractivity (Wildman–Crippen MR) is 75.4 cm³/mol. The zero-order valence-electron chi connectivity index (χ0n) is 10.8. The number of benzene rings is 1. The van der Waals surface area contributed by atoms with Crippen LogP contribution >= 0.6 is 12.4 Å². The van der Waals surface area contributed by atoms with Gasteiger partial charge in [0, 0.05) is 26.2 Å². The number of rotatable bonds is 5. The number of hydrogen-bond donors (Lipinski definition) is 3. The highest BCUT2D eigenvalue weighted by Gasteiger charge is 2.24. The summed E-state index contributed by atoms with van der Waals surface area (Å²) in [5.74, 6) is -1.01. The summed E-state index contributed by atoms with van der Waals surface area (Å²) in [7, 11) is 0. The maximum atomic E-state index is 13.3. The average Bonchev–Trinajstić information content (AvgIpc) is 2.33. The molecule has 0 saturated carbocycles. The van der Waals surface area contributed by atoms with Crippen LogP contribution in [0, 0.1) is 11.7 Å². The SMILES string of the molecule is Cl.O=C(NCCNC(=O)C1CNC1)c1ccccc1F. The van der Waals surface area contributed by atoms with Crippen molar-refractivity contribution in [3.8, 4) is 0 Å². The quantitative estimate of drug-likeness (QED) is 0.686. The molecule has 110 valence electrons. The molecule has 2 amide bonds. The van der Waals surface area contributed by atoms with Crippen LogP contribution in [0.3, 0.4) is 0 Å². The monoisotopic (exact) mass is 301 g/mol. The minimum Gasteiger partial charge on any atom is -0.354 e. The molecule has 7 heteroatoms. The van der Waals surface area contributed by atoms with Crippen LogP contribution in [0.25, 0.3) is 0 Å². The van der Waals surface area contributed by atoms with E-state index in [1.807, 2.05) is 0 Å². The number of halogens is 2. The first-order valence-corrected chi connectivity index (χ1v) is 6.19. The van der Waals surface area contributed by atoms with Gasteiger partial charge in [-0.15, -0.1) is 12.4 Å². The second-order valence-corrected chi connectivity index (χ2v) is 4.38. The Morgan fingerprint density at radius 1 is 1.20 bits per heavy atom. The molecule has 20 heavy (non-hydrogen) atoms. The lowest BCUT2D eigenvalue weighted by molar-refractivity contribution is -0.126. The third-order valence-electron chi connectivity index (χ3n) is 2.98. The zero-order chi connectivity index (χ0) is 13.7. The number of nitrogens with one attached hydrogen (secondary N) is 3. The van der Waals surface area contributed by atoms with Crippen LogP contribution in [-0.4, -0.2) is 38.0 Å². The third-order valence-corrected chi connectivity index (χ3v) is 2.98. The fraction of sp³-hybridized carbons (Fsp3) is 0.385. The summed E-state index contributed by atoms with van der Waals surface area (Å²) in [5.41, 5.74) is 0.0111. The number of amides is 2. The van der Waals surface area contributed by atoms with Gasteiger partial charge in [0.2, 0.25) is 5.91 Å². The van der Waals surface area contributed by atoms with E-state index in [2.05, 4.69) is 16.0 Å². The van der Waals surface area contributed by atoms with Crippen molar-refractivity contribution in [3.63, 3.8) is 0 Å². The van der Waals surface area contributed by atoms with Gasteiger partial charge >= 0.3 is 0 Å². The molecular formula is C13H17ClFN3O2. The maximum Gasteiger partial charge on any atom is 0.254 e. The second-order valence-electron chi connectivity index (χ2n) is 4.38. The van der Waals surface area contributed by atoms with Gasteiger partial charge in [-0.1, -0.05) is 12.1 Å². The Hall–Kier alpha value is -1.66. The Bertz CT molecular complexity index is 480. The van der Waals surface area contributed by atoms with E-state index in [4.69, 9.17) is 0 Å². The Labute approximate surface area is 122 Å². The van der Waals surface area contributed by atoms with Gasteiger partial charge in [0.25, 0.3) is 5.91 Å². The van der Waals surface area contributed by atoms with Crippen molar-refractivity contribution < 1.29 is 14.0 Å². The van der Waals surface area contributed by atoms with Crippen molar-refractivity contribution in [2.45, 2.75) is 0 Å². The third kappa shape index (κ3) is 4.18. The number of carbonyl (C=O) groups excluding carboxylic acids is 2. The standard InChI is InChI=1S/C13H16FN3O2.ClH/c14-11-4-2-1-3-10(11)13(19)17-6-5-16-12(18)9-7-15-8-9;/h1-4,9,15H,5-8H2,(H,16,18)(H,17,19);1H. The predicted octanol–water partition coefficient (Wildman–Crippen LogP) is 0.313. The highest BCUT2D eigenvalue weighted by Crippen LogP contribution is 2.05. The van der Waals surface area contributed by atoms with Crippen molar-refractivity contribution >= 4 is 24.2 Å². The van der Waals surface area contributed by atoms with E-state index < -0.39 is 11.7 Å². The molecule has 3 N–H and O–H groups in total. The lowest BCUT2D eigenvalue weighted by Gasteiger charge is -2.25. The molecule has 0 atom stereocenters. The second kappa shape index (κ2) is 7.81. The molecule has 0 unspecified atom stereocenters. The molecule has 5 nitrogen and oxygen atoms in total. The Balaban J connectivity index is 0.00000200. The van der Waals surface area contributed by atoms with Crippen molar-refractivity contribution in [2.75, 3.05) is 26.2 Å². The van der Waals surface area contributed by atoms with E-state index >= 15 is 0 Å². The first-order valence-electron chi connectivity index (χ1n) is 6.19. The van der Waals surface area contributed by atoms with Crippen molar-refractivity contribution in [3.05, 3.63) is 35.6 Å². The van der Waals surface area contributed by atoms with E-state index in [0.29, 0.717) is 19.6 Å². The smallest absolute Gasteiger partial charge is 0.254 e. The Kier molecular flexibility index (Phi) is 6.41. The lowest BCUT2D eigenvalue weighted by atomic mass is 10.0. The van der Waals surface area contributed by atoms with Gasteiger partial charge < -0.3 is 16.0 Å². The van der Waals surface area contributed by atoms with Crippen molar-refractivity contribution in [1.82, 2.24) is 16.0 Å². The molecule has 1 aromatic carbocycles. The van der Waals surface area contributed by atoms with E-state index in [0.717, 1.165) is 0 Å². The highest BCUT2D eigenvalue weighted by atomic mass is 35.5. The van der Waals surface area contributed by atoms with Gasteiger partial charge in [-0.05, 0) is 12.1 Å². The summed E-state index contributed by atoms with van der Waals surface area (Å²) in [4.78, 5) is 23.1. The van der Waals surface area contributed by atoms with E-state index in [9.17, 15) is 14.0 Å². The van der Waals surface area contributed by atoms with Gasteiger partial charge in [0.1, 0.15) is 5.82 Å². The molecule has 0 aromatic heterocycles. The molecule has 1 aliphatic heterocycles. The highest BCUT2D eigenvalue weighted by molar-refractivity contribution is 5.94. The average molecular weight is 302 g/mol. The summed E-state index contributed by atoms with van der Waals surface area (Å²) in [6.45, 7) is 2.02. The van der Waals surface area contributed by atoms with Crippen LogP contribution in [-0.2, 0) is 4.79 Å². The first kappa shape index (κ1) is 16.4. The number of hydrogen-bond acceptors (Lipinski definition) is 3. The lowest BCUT2D eigenvalue weighted by Crippen LogP contribution is -2.51. The van der Waals surface area contributed by atoms with Crippen LogP contribution in [0.2, 0.25) is 0 Å². The summed E-state index contributed by atoms with van der Waals surface area (Å²) in [5, 5.41) is 8.29. The summed E-state index contributed by atoms with van der Waals surface area (Å²) >= 11 is 0. The maximum absolute atomic E-state index is 13.3. The molecular weight excluding hydrogens is 285 g/mol. The molecule has 2 rings (SSSR count). The molecule has 1 saturated heterocycles. The van der Waals surface area contributed by atoms with Crippen LogP contribution < -0.4 is 16.0 Å². The van der Waals surface area contributed by atoms with E-state index in [-0.39, 0.29) is 36.3 Å². The molecule has 0 spiro atoms. The van der Waals surface area contributed by atoms with Gasteiger partial charge in [-0.25, -0.2) is 4.39 Å². The van der Waals surface area contributed by atoms with Crippen LogP contribution in [0.15, 0.2) is 24.3 Å². The van der Waals surface area contributed by atoms with Crippen molar-refractivity contribution in [1.29, 1.82) is 0 Å².